The summed E-state index contributed by atoms with van der Waals surface area (Å²) in [6.45, 7) is 1.82. The van der Waals surface area contributed by atoms with Crippen molar-refractivity contribution in [2.45, 2.75) is 13.0 Å². The van der Waals surface area contributed by atoms with Gasteiger partial charge in [0.15, 0.2) is 5.82 Å². The Balaban J connectivity index is 2.31. The van der Waals surface area contributed by atoms with Gasteiger partial charge >= 0.3 is 0 Å². The third-order valence-electron chi connectivity index (χ3n) is 2.85. The van der Waals surface area contributed by atoms with Crippen LogP contribution >= 0.6 is 0 Å². The molecule has 2 aromatic carbocycles. The Hall–Kier alpha value is -2.43. The molecule has 0 spiro atoms. The fourth-order valence-electron chi connectivity index (χ4n) is 1.85. The second kappa shape index (κ2) is 5.48. The highest BCUT2D eigenvalue weighted by atomic mass is 19.1. The number of nitrogens with one attached hydrogen (secondary N) is 1. The molecule has 0 bridgehead atoms. The molecule has 0 amide bonds. The van der Waals surface area contributed by atoms with Crippen molar-refractivity contribution in [2.24, 2.45) is 0 Å². The molecule has 4 nitrogen and oxygen atoms in total. The molecule has 0 radical (unpaired) electrons. The number of nitrogens with zero attached hydrogens (tertiary/aromatic N) is 1. The van der Waals surface area contributed by atoms with Crippen LogP contribution in [0.1, 0.15) is 18.5 Å². The highest BCUT2D eigenvalue weighted by molar-refractivity contribution is 5.63. The summed E-state index contributed by atoms with van der Waals surface area (Å²) in [5.74, 6) is -0.628. The largest absolute Gasteiger partial charge is 0.371 e. The van der Waals surface area contributed by atoms with Gasteiger partial charge in [-0.3, -0.25) is 10.1 Å². The first kappa shape index (κ1) is 13.0. The third-order valence-corrected chi connectivity index (χ3v) is 2.85. The summed E-state index contributed by atoms with van der Waals surface area (Å²) in [6.07, 6.45) is 0. The molecule has 2 aromatic rings. The van der Waals surface area contributed by atoms with Crippen molar-refractivity contribution < 1.29 is 9.31 Å². The topological polar surface area (TPSA) is 55.2 Å². The van der Waals surface area contributed by atoms with E-state index in [-0.39, 0.29) is 17.4 Å². The number of hydrogen-bond donors (Lipinski definition) is 1. The summed E-state index contributed by atoms with van der Waals surface area (Å²) < 4.78 is 13.7. The van der Waals surface area contributed by atoms with Crippen LogP contribution in [0.4, 0.5) is 15.8 Å². The lowest BCUT2D eigenvalue weighted by atomic mass is 10.1. The second-order valence-electron chi connectivity index (χ2n) is 4.17. The van der Waals surface area contributed by atoms with E-state index >= 15 is 0 Å². The molecule has 2 rings (SSSR count). The first-order chi connectivity index (χ1) is 9.09. The van der Waals surface area contributed by atoms with Crippen molar-refractivity contribution in [3.63, 3.8) is 0 Å². The Morgan fingerprint density at radius 1 is 1.16 bits per heavy atom. The van der Waals surface area contributed by atoms with Crippen molar-refractivity contribution in [1.29, 1.82) is 0 Å². The van der Waals surface area contributed by atoms with E-state index in [1.165, 1.54) is 18.2 Å². The number of nitro groups is 1. The highest BCUT2D eigenvalue weighted by Gasteiger charge is 2.19. The number of nitro benzene ring substituents is 1. The fourth-order valence-corrected chi connectivity index (χ4v) is 1.85. The maximum atomic E-state index is 13.7. The molecule has 0 fully saturated rings. The van der Waals surface area contributed by atoms with Crippen molar-refractivity contribution in [1.82, 2.24) is 0 Å². The van der Waals surface area contributed by atoms with Crippen LogP contribution in [0.2, 0.25) is 0 Å². The Kier molecular flexibility index (Phi) is 3.75. The maximum Gasteiger partial charge on any atom is 0.295 e. The lowest BCUT2D eigenvalue weighted by Gasteiger charge is -2.16. The minimum absolute atomic E-state index is 0.0798. The average molecular weight is 260 g/mol. The first-order valence-electron chi connectivity index (χ1n) is 5.84. The lowest BCUT2D eigenvalue weighted by molar-refractivity contribution is -0.384. The lowest BCUT2D eigenvalue weighted by Crippen LogP contribution is -2.09. The van der Waals surface area contributed by atoms with E-state index in [0.29, 0.717) is 0 Å². The zero-order chi connectivity index (χ0) is 13.8. The second-order valence-corrected chi connectivity index (χ2v) is 4.17. The molecule has 19 heavy (non-hydrogen) atoms. The molecule has 98 valence electrons. The highest BCUT2D eigenvalue weighted by Crippen LogP contribution is 2.30. The summed E-state index contributed by atoms with van der Waals surface area (Å²) in [7, 11) is 0. The monoisotopic (exact) mass is 260 g/mol. The van der Waals surface area contributed by atoms with E-state index in [1.54, 1.807) is 0 Å². The molecule has 0 saturated carbocycles. The van der Waals surface area contributed by atoms with Gasteiger partial charge in [-0.05, 0) is 18.6 Å². The smallest absolute Gasteiger partial charge is 0.295 e. The zero-order valence-electron chi connectivity index (χ0n) is 10.3. The van der Waals surface area contributed by atoms with Gasteiger partial charge in [0.05, 0.1) is 4.92 Å². The van der Waals surface area contributed by atoms with Crippen molar-refractivity contribution in [3.8, 4) is 0 Å². The van der Waals surface area contributed by atoms with Gasteiger partial charge in [0.2, 0.25) is 0 Å². The van der Waals surface area contributed by atoms with Crippen LogP contribution in [0.5, 0.6) is 0 Å². The summed E-state index contributed by atoms with van der Waals surface area (Å²) in [6, 6.07) is 12.9. The molecule has 0 aliphatic carbocycles. The van der Waals surface area contributed by atoms with Gasteiger partial charge in [-0.2, -0.15) is 0 Å². The number of anilines is 1. The summed E-state index contributed by atoms with van der Waals surface area (Å²) in [4.78, 5) is 10.3. The number of benzene rings is 2. The van der Waals surface area contributed by atoms with Gasteiger partial charge in [0.25, 0.3) is 5.69 Å². The van der Waals surface area contributed by atoms with Gasteiger partial charge in [0.1, 0.15) is 5.69 Å². The molecule has 1 atom stereocenters. The molecule has 0 aliphatic heterocycles. The predicted molar refractivity (Wildman–Crippen MR) is 71.5 cm³/mol. The van der Waals surface area contributed by atoms with Crippen LogP contribution in [-0.4, -0.2) is 4.92 Å². The van der Waals surface area contributed by atoms with Crippen LogP contribution in [0.25, 0.3) is 0 Å². The molecule has 0 aliphatic rings. The Morgan fingerprint density at radius 2 is 1.84 bits per heavy atom. The summed E-state index contributed by atoms with van der Waals surface area (Å²) in [5, 5.41) is 13.8. The van der Waals surface area contributed by atoms with Crippen molar-refractivity contribution in [3.05, 3.63) is 70.0 Å². The van der Waals surface area contributed by atoms with Crippen molar-refractivity contribution >= 4 is 11.4 Å². The maximum absolute atomic E-state index is 13.7. The standard InChI is InChI=1S/C14H13FN2O2/c1-10(11-6-3-2-4-7-11)16-14-12(15)8-5-9-13(14)17(18)19/h2-10,16H,1H3. The minimum atomic E-state index is -0.628. The zero-order valence-corrected chi connectivity index (χ0v) is 10.3. The molecule has 1 unspecified atom stereocenters. The van der Waals surface area contributed by atoms with Gasteiger partial charge < -0.3 is 5.32 Å². The normalized spacial score (nSPS) is 11.9. The van der Waals surface area contributed by atoms with Crippen LogP contribution in [0.3, 0.4) is 0 Å². The van der Waals surface area contributed by atoms with Gasteiger partial charge in [0, 0.05) is 12.1 Å². The molecular weight excluding hydrogens is 247 g/mol. The van der Waals surface area contributed by atoms with Crippen LogP contribution in [-0.2, 0) is 0 Å². The minimum Gasteiger partial charge on any atom is -0.371 e. The van der Waals surface area contributed by atoms with E-state index in [9.17, 15) is 14.5 Å². The average Bonchev–Trinajstić information content (AvgIpc) is 2.41. The third kappa shape index (κ3) is 2.88. The van der Waals surface area contributed by atoms with Gasteiger partial charge in [-0.15, -0.1) is 0 Å². The Morgan fingerprint density at radius 3 is 2.47 bits per heavy atom. The Bertz CT molecular complexity index is 587. The number of hydrogen-bond acceptors (Lipinski definition) is 3. The molecule has 1 N–H and O–H groups in total. The van der Waals surface area contributed by atoms with Crippen LogP contribution in [0.15, 0.2) is 48.5 Å². The molecular formula is C14H13FN2O2. The van der Waals surface area contributed by atoms with E-state index in [4.69, 9.17) is 0 Å². The first-order valence-corrected chi connectivity index (χ1v) is 5.84. The molecule has 0 saturated heterocycles. The van der Waals surface area contributed by atoms with E-state index in [1.807, 2.05) is 37.3 Å². The van der Waals surface area contributed by atoms with Crippen LogP contribution < -0.4 is 5.32 Å². The molecule has 0 aromatic heterocycles. The van der Waals surface area contributed by atoms with Gasteiger partial charge in [-0.25, -0.2) is 4.39 Å². The number of rotatable bonds is 4. The SMILES string of the molecule is CC(Nc1c(F)cccc1[N+](=O)[O-])c1ccccc1. The van der Waals surface area contributed by atoms with E-state index < -0.39 is 10.7 Å². The van der Waals surface area contributed by atoms with E-state index in [2.05, 4.69) is 5.32 Å². The summed E-state index contributed by atoms with van der Waals surface area (Å²) in [5.41, 5.74) is 0.590. The quantitative estimate of drug-likeness (QED) is 0.669. The Labute approximate surface area is 110 Å². The van der Waals surface area contributed by atoms with Crippen LogP contribution in [0, 0.1) is 15.9 Å². The molecule has 5 heteroatoms. The predicted octanol–water partition coefficient (Wildman–Crippen LogP) is 3.91. The fraction of sp³-hybridized carbons (Fsp3) is 0.143. The molecule has 0 heterocycles. The van der Waals surface area contributed by atoms with Crippen molar-refractivity contribution in [2.75, 3.05) is 5.32 Å². The van der Waals surface area contributed by atoms with Gasteiger partial charge in [-0.1, -0.05) is 36.4 Å². The summed E-state index contributed by atoms with van der Waals surface area (Å²) >= 11 is 0. The number of para-hydroxylation sites is 1. The van der Waals surface area contributed by atoms with E-state index in [0.717, 1.165) is 5.56 Å². The number of halogens is 1.